The highest BCUT2D eigenvalue weighted by Crippen LogP contribution is 2.02. The van der Waals surface area contributed by atoms with Crippen LogP contribution in [0.2, 0.25) is 0 Å². The Balaban J connectivity index is 2.60. The van der Waals surface area contributed by atoms with Crippen LogP contribution in [-0.2, 0) is 0 Å². The molecule has 6 heteroatoms. The lowest BCUT2D eigenvalue weighted by molar-refractivity contribution is 0.318. The molecule has 2 aromatic rings. The molecule has 0 amide bonds. The van der Waals surface area contributed by atoms with E-state index in [2.05, 4.69) is 15.2 Å². The zero-order chi connectivity index (χ0) is 9.26. The van der Waals surface area contributed by atoms with Crippen LogP contribution in [0.5, 0.6) is 0 Å². The van der Waals surface area contributed by atoms with E-state index in [1.165, 1.54) is 6.33 Å². The van der Waals surface area contributed by atoms with Gasteiger partial charge in [0.05, 0.1) is 0 Å². The molecule has 0 aliphatic rings. The average Bonchev–Trinajstić information content (AvgIpc) is 2.63. The fourth-order valence-corrected chi connectivity index (χ4v) is 1.03. The molecule has 66 valence electrons. The Bertz CT molecular complexity index is 461. The number of fused-ring (bicyclic) bond motifs is 1. The van der Waals surface area contributed by atoms with Gasteiger partial charge in [0.25, 0.3) is 0 Å². The average molecular weight is 177 g/mol. The lowest BCUT2D eigenvalue weighted by Gasteiger charge is -1.97. The van der Waals surface area contributed by atoms with Crippen LogP contribution in [0.3, 0.4) is 0 Å². The van der Waals surface area contributed by atoms with Crippen molar-refractivity contribution in [3.05, 3.63) is 30.2 Å². The third-order valence-electron chi connectivity index (χ3n) is 1.68. The van der Waals surface area contributed by atoms with Crippen LogP contribution in [-0.4, -0.2) is 25.6 Å². The van der Waals surface area contributed by atoms with Gasteiger partial charge in [-0.25, -0.2) is 9.50 Å². The molecule has 2 rings (SSSR count). The summed E-state index contributed by atoms with van der Waals surface area (Å²) < 4.78 is 1.59. The van der Waals surface area contributed by atoms with Gasteiger partial charge in [-0.3, -0.25) is 0 Å². The van der Waals surface area contributed by atoms with Gasteiger partial charge in [0.15, 0.2) is 11.5 Å². The summed E-state index contributed by atoms with van der Waals surface area (Å²) in [7, 11) is 0. The van der Waals surface area contributed by atoms with E-state index in [9.17, 15) is 0 Å². The number of oxime groups is 1. The quantitative estimate of drug-likeness (QED) is 0.274. The zero-order valence-electron chi connectivity index (χ0n) is 6.62. The van der Waals surface area contributed by atoms with Crippen LogP contribution in [0.15, 0.2) is 29.8 Å². The molecular formula is C7H7N5O. The van der Waals surface area contributed by atoms with E-state index in [-0.39, 0.29) is 5.84 Å². The van der Waals surface area contributed by atoms with Gasteiger partial charge in [-0.05, 0) is 12.1 Å². The normalized spacial score (nSPS) is 12.2. The Morgan fingerprint density at radius 3 is 3.23 bits per heavy atom. The molecule has 0 aliphatic carbocycles. The Hall–Kier alpha value is -2.11. The predicted octanol–water partition coefficient (Wildman–Crippen LogP) is -0.176. The summed E-state index contributed by atoms with van der Waals surface area (Å²) in [5, 5.41) is 15.2. The molecule has 0 unspecified atom stereocenters. The van der Waals surface area contributed by atoms with Crippen molar-refractivity contribution >= 4 is 11.5 Å². The first kappa shape index (κ1) is 7.53. The van der Waals surface area contributed by atoms with E-state index in [1.54, 1.807) is 22.8 Å². The maximum absolute atomic E-state index is 8.43. The maximum Gasteiger partial charge on any atom is 0.170 e. The van der Waals surface area contributed by atoms with Crippen molar-refractivity contribution in [1.82, 2.24) is 14.6 Å². The fraction of sp³-hybridized carbons (Fsp3) is 0. The minimum absolute atomic E-state index is 0.0606. The van der Waals surface area contributed by atoms with Crippen molar-refractivity contribution in [3.8, 4) is 0 Å². The molecule has 6 nitrogen and oxygen atoms in total. The number of hydrogen-bond donors (Lipinski definition) is 2. The van der Waals surface area contributed by atoms with E-state index in [1.807, 2.05) is 0 Å². The van der Waals surface area contributed by atoms with Crippen LogP contribution in [0.4, 0.5) is 0 Å². The second-order valence-corrected chi connectivity index (χ2v) is 2.46. The Labute approximate surface area is 73.3 Å². The van der Waals surface area contributed by atoms with Gasteiger partial charge in [-0.2, -0.15) is 5.10 Å². The van der Waals surface area contributed by atoms with Crippen molar-refractivity contribution in [2.75, 3.05) is 0 Å². The molecule has 0 aliphatic heterocycles. The number of nitrogens with two attached hydrogens (primary N) is 1. The summed E-state index contributed by atoms with van der Waals surface area (Å²) in [6.45, 7) is 0. The molecular weight excluding hydrogens is 170 g/mol. The molecule has 2 heterocycles. The number of nitrogens with zero attached hydrogens (tertiary/aromatic N) is 4. The first-order chi connectivity index (χ1) is 6.31. The van der Waals surface area contributed by atoms with Gasteiger partial charge in [0.2, 0.25) is 0 Å². The van der Waals surface area contributed by atoms with E-state index in [4.69, 9.17) is 10.9 Å². The van der Waals surface area contributed by atoms with Crippen molar-refractivity contribution < 1.29 is 5.21 Å². The third-order valence-corrected chi connectivity index (χ3v) is 1.68. The largest absolute Gasteiger partial charge is 0.409 e. The molecule has 0 saturated heterocycles. The Morgan fingerprint density at radius 2 is 2.46 bits per heavy atom. The molecule has 0 atom stereocenters. The van der Waals surface area contributed by atoms with Crippen molar-refractivity contribution in [1.29, 1.82) is 0 Å². The first-order valence-electron chi connectivity index (χ1n) is 3.58. The third kappa shape index (κ3) is 1.18. The van der Waals surface area contributed by atoms with Crippen molar-refractivity contribution in [2.24, 2.45) is 10.9 Å². The monoisotopic (exact) mass is 177 g/mol. The van der Waals surface area contributed by atoms with Crippen LogP contribution in [0.25, 0.3) is 5.65 Å². The van der Waals surface area contributed by atoms with E-state index < -0.39 is 0 Å². The molecule has 0 bridgehead atoms. The van der Waals surface area contributed by atoms with Gasteiger partial charge in [0.1, 0.15) is 6.33 Å². The maximum atomic E-state index is 8.43. The smallest absolute Gasteiger partial charge is 0.170 e. The van der Waals surface area contributed by atoms with Crippen LogP contribution >= 0.6 is 0 Å². The lowest BCUT2D eigenvalue weighted by atomic mass is 10.2. The molecule has 3 N–H and O–H groups in total. The van der Waals surface area contributed by atoms with Gasteiger partial charge in [0, 0.05) is 11.8 Å². The molecule has 0 saturated carbocycles. The summed E-state index contributed by atoms with van der Waals surface area (Å²) >= 11 is 0. The van der Waals surface area contributed by atoms with Crippen molar-refractivity contribution in [2.45, 2.75) is 0 Å². The topological polar surface area (TPSA) is 88.8 Å². The minimum atomic E-state index is 0.0606. The minimum Gasteiger partial charge on any atom is -0.409 e. The number of rotatable bonds is 1. The fourth-order valence-electron chi connectivity index (χ4n) is 1.03. The summed E-state index contributed by atoms with van der Waals surface area (Å²) in [5.74, 6) is 0.0606. The Kier molecular flexibility index (Phi) is 1.59. The van der Waals surface area contributed by atoms with E-state index in [0.29, 0.717) is 11.2 Å². The number of hydrogen-bond acceptors (Lipinski definition) is 4. The van der Waals surface area contributed by atoms with Gasteiger partial charge < -0.3 is 10.9 Å². The van der Waals surface area contributed by atoms with Gasteiger partial charge >= 0.3 is 0 Å². The van der Waals surface area contributed by atoms with Gasteiger partial charge in [-0.15, -0.1) is 0 Å². The highest BCUT2D eigenvalue weighted by molar-refractivity contribution is 5.97. The van der Waals surface area contributed by atoms with E-state index >= 15 is 0 Å². The summed E-state index contributed by atoms with van der Waals surface area (Å²) in [6.07, 6.45) is 3.13. The summed E-state index contributed by atoms with van der Waals surface area (Å²) in [4.78, 5) is 3.96. The molecule has 0 aromatic carbocycles. The Morgan fingerprint density at radius 1 is 1.62 bits per heavy atom. The van der Waals surface area contributed by atoms with Gasteiger partial charge in [-0.1, -0.05) is 5.16 Å². The zero-order valence-corrected chi connectivity index (χ0v) is 6.62. The molecule has 0 radical (unpaired) electrons. The summed E-state index contributed by atoms with van der Waals surface area (Å²) in [5.41, 5.74) is 6.67. The standard InChI is InChI=1S/C7H7N5O/c8-7(11-13)5-1-2-12-6(3-5)9-4-10-12/h1-4,13H,(H2,8,11). The SMILES string of the molecule is N/C(=N/O)c1ccn2ncnc2c1. The van der Waals surface area contributed by atoms with Crippen LogP contribution in [0.1, 0.15) is 5.56 Å². The number of amidine groups is 1. The number of aromatic nitrogens is 3. The molecule has 0 fully saturated rings. The highest BCUT2D eigenvalue weighted by Gasteiger charge is 2.01. The second kappa shape index (κ2) is 2.74. The molecule has 0 spiro atoms. The second-order valence-electron chi connectivity index (χ2n) is 2.46. The lowest BCUT2D eigenvalue weighted by Crippen LogP contribution is -2.13. The molecule has 13 heavy (non-hydrogen) atoms. The van der Waals surface area contributed by atoms with Crippen molar-refractivity contribution in [3.63, 3.8) is 0 Å². The first-order valence-corrected chi connectivity index (χ1v) is 3.58. The van der Waals surface area contributed by atoms with E-state index in [0.717, 1.165) is 0 Å². The predicted molar refractivity (Wildman–Crippen MR) is 45.5 cm³/mol. The summed E-state index contributed by atoms with van der Waals surface area (Å²) in [6, 6.07) is 3.37. The highest BCUT2D eigenvalue weighted by atomic mass is 16.4. The van der Waals surface area contributed by atoms with Crippen LogP contribution in [0, 0.1) is 0 Å². The molecule has 2 aromatic heterocycles. The van der Waals surface area contributed by atoms with Crippen LogP contribution < -0.4 is 5.73 Å². The number of pyridine rings is 1.